The Labute approximate surface area is 367 Å². The molecule has 2 heterocycles. The summed E-state index contributed by atoms with van der Waals surface area (Å²) in [6.45, 7) is 11.3. The molecule has 0 spiro atoms. The Morgan fingerprint density at radius 2 is 1.11 bits per heavy atom. The minimum atomic E-state index is -1.43. The van der Waals surface area contributed by atoms with Crippen LogP contribution in [0.25, 0.3) is 0 Å². The fraction of sp³-hybridized carbons (Fsp3) is 0.500. The van der Waals surface area contributed by atoms with Crippen molar-refractivity contribution in [2.75, 3.05) is 49.6 Å². The first kappa shape index (κ1) is 48.4. The molecule has 2 saturated heterocycles. The number of hydrogen-bond donors (Lipinski definition) is 4. The highest BCUT2D eigenvalue weighted by Gasteiger charge is 2.46. The van der Waals surface area contributed by atoms with Crippen molar-refractivity contribution in [1.82, 2.24) is 20.4 Å². The summed E-state index contributed by atoms with van der Waals surface area (Å²) in [4.78, 5) is 70.8. The number of nitrogens with zero attached hydrogens (tertiary/aromatic N) is 3. The van der Waals surface area contributed by atoms with Gasteiger partial charge in [0.1, 0.15) is 36.3 Å². The number of amides is 5. The van der Waals surface area contributed by atoms with Crippen LogP contribution in [0.2, 0.25) is 0 Å². The lowest BCUT2D eigenvalue weighted by Gasteiger charge is -2.35. The first-order valence-electron chi connectivity index (χ1n) is 20.9. The second-order valence-electron chi connectivity index (χ2n) is 18.3. The fourth-order valence-electron chi connectivity index (χ4n) is 7.81. The van der Waals surface area contributed by atoms with E-state index in [2.05, 4.69) is 26.0 Å². The number of alkyl halides is 2. The Balaban J connectivity index is 1.25. The number of carbonyl (C=O) groups excluding carboxylic acids is 5. The van der Waals surface area contributed by atoms with E-state index in [4.69, 9.17) is 4.74 Å². The van der Waals surface area contributed by atoms with Crippen molar-refractivity contribution >= 4 is 46.8 Å². The topological polar surface area (TPSA) is 162 Å². The molecule has 4 N–H and O–H groups in total. The number of rotatable bonds is 15. The number of ether oxygens (including phenoxy) is 2. The molecular formula is C46H60F3N7O7. The number of alkyl carbamates (subject to hydrolysis) is 1. The maximum absolute atomic E-state index is 14.8. The third-order valence-electron chi connectivity index (χ3n) is 11.2. The number of anilines is 3. The van der Waals surface area contributed by atoms with E-state index in [9.17, 15) is 37.1 Å². The van der Waals surface area contributed by atoms with Gasteiger partial charge in [0.2, 0.25) is 23.6 Å². The normalized spacial score (nSPS) is 19.9. The molecule has 2 fully saturated rings. The standard InChI is InChI=1S/C46H60F3N7O7/c1-45(2,3)38(50-27-62-7)42(59)55-25-31(48)21-36(55)40(57)51-33-15-9-28(10-16-33)23-54(35-19-13-30(47)14-20-35)24-29-11-17-34(18-12-29)52-41(58)37-22-32(49)26-56(37)43(60)39(46(4,5)6)53-44(61)63-8/h9-20,31-32,36-39,50H,21-27H2,1-8H3,(H,51,57)(H,52,58)(H,53,61). The number of carbonyl (C=O) groups is 5. The molecule has 2 aliphatic rings. The zero-order chi connectivity index (χ0) is 46.2. The predicted octanol–water partition coefficient (Wildman–Crippen LogP) is 6.17. The van der Waals surface area contributed by atoms with Gasteiger partial charge in [0.15, 0.2) is 0 Å². The van der Waals surface area contributed by atoms with Crippen LogP contribution in [0.3, 0.4) is 0 Å². The lowest BCUT2D eigenvalue weighted by molar-refractivity contribution is -0.141. The van der Waals surface area contributed by atoms with Gasteiger partial charge in [-0.1, -0.05) is 65.8 Å². The zero-order valence-corrected chi connectivity index (χ0v) is 37.2. The quantitative estimate of drug-likeness (QED) is 0.131. The SMILES string of the molecule is COCNC(C(=O)N1CC(F)CC1C(=O)Nc1ccc(CN(Cc2ccc(NC(=O)C3CC(F)CN3C(=O)C(NC(=O)OC)C(C)(C)C)cc2)c2ccc(F)cc2)cc1)C(C)(C)C. The largest absolute Gasteiger partial charge is 0.453 e. The minimum absolute atomic E-state index is 0.114. The van der Waals surface area contributed by atoms with Gasteiger partial charge in [0.25, 0.3) is 0 Å². The average Bonchev–Trinajstić information content (AvgIpc) is 3.82. The number of benzene rings is 3. The van der Waals surface area contributed by atoms with Crippen molar-refractivity contribution in [2.45, 2.75) is 104 Å². The summed E-state index contributed by atoms with van der Waals surface area (Å²) in [5, 5.41) is 11.2. The fourth-order valence-corrected chi connectivity index (χ4v) is 7.81. The summed E-state index contributed by atoms with van der Waals surface area (Å²) in [5.74, 6) is -2.43. The third kappa shape index (κ3) is 12.7. The molecule has 0 aromatic heterocycles. The van der Waals surface area contributed by atoms with Gasteiger partial charge in [-0.2, -0.15) is 0 Å². The van der Waals surface area contributed by atoms with E-state index in [1.807, 2.05) is 49.9 Å². The van der Waals surface area contributed by atoms with Crippen molar-refractivity contribution in [2.24, 2.45) is 10.8 Å². The van der Waals surface area contributed by atoms with Gasteiger partial charge < -0.3 is 40.1 Å². The molecular weight excluding hydrogens is 820 g/mol. The van der Waals surface area contributed by atoms with Crippen LogP contribution in [0.15, 0.2) is 72.8 Å². The molecule has 17 heteroatoms. The average molecular weight is 880 g/mol. The molecule has 2 aliphatic heterocycles. The van der Waals surface area contributed by atoms with Gasteiger partial charge >= 0.3 is 6.09 Å². The Hall–Kier alpha value is -5.68. The van der Waals surface area contributed by atoms with Gasteiger partial charge in [-0.15, -0.1) is 0 Å². The van der Waals surface area contributed by atoms with Gasteiger partial charge in [0, 0.05) is 50.1 Å². The summed E-state index contributed by atoms with van der Waals surface area (Å²) >= 11 is 0. The van der Waals surface area contributed by atoms with Crippen LogP contribution in [-0.2, 0) is 41.7 Å². The lowest BCUT2D eigenvalue weighted by atomic mass is 9.85. The summed E-state index contributed by atoms with van der Waals surface area (Å²) in [5.41, 5.74) is 2.03. The predicted molar refractivity (Wildman–Crippen MR) is 233 cm³/mol. The van der Waals surface area contributed by atoms with Crippen molar-refractivity contribution in [3.8, 4) is 0 Å². The van der Waals surface area contributed by atoms with E-state index in [-0.39, 0.29) is 38.6 Å². The van der Waals surface area contributed by atoms with E-state index in [0.717, 1.165) is 16.8 Å². The molecule has 0 radical (unpaired) electrons. The first-order chi connectivity index (χ1) is 29.7. The second kappa shape index (κ2) is 20.7. The smallest absolute Gasteiger partial charge is 0.407 e. The molecule has 14 nitrogen and oxygen atoms in total. The number of nitrogens with one attached hydrogen (secondary N) is 4. The van der Waals surface area contributed by atoms with Crippen LogP contribution in [0.5, 0.6) is 0 Å². The maximum atomic E-state index is 14.8. The van der Waals surface area contributed by atoms with Crippen LogP contribution < -0.4 is 26.2 Å². The number of halogens is 3. The van der Waals surface area contributed by atoms with Crippen molar-refractivity contribution < 1.29 is 46.6 Å². The van der Waals surface area contributed by atoms with Gasteiger partial charge in [0.05, 0.1) is 33.0 Å². The molecule has 5 rings (SSSR count). The number of likely N-dealkylation sites (tertiary alicyclic amines) is 2. The van der Waals surface area contributed by atoms with Gasteiger partial charge in [-0.25, -0.2) is 18.0 Å². The zero-order valence-electron chi connectivity index (χ0n) is 37.2. The van der Waals surface area contributed by atoms with E-state index >= 15 is 0 Å². The van der Waals surface area contributed by atoms with Crippen molar-refractivity contribution in [3.05, 3.63) is 89.7 Å². The Kier molecular flexibility index (Phi) is 15.9. The van der Waals surface area contributed by atoms with Gasteiger partial charge in [-0.3, -0.25) is 24.5 Å². The molecule has 6 atom stereocenters. The molecule has 0 saturated carbocycles. The van der Waals surface area contributed by atoms with Gasteiger partial charge in [-0.05, 0) is 70.5 Å². The molecule has 0 aliphatic carbocycles. The highest BCUT2D eigenvalue weighted by atomic mass is 19.1. The van der Waals surface area contributed by atoms with E-state index < -0.39 is 77.0 Å². The maximum Gasteiger partial charge on any atom is 0.407 e. The van der Waals surface area contributed by atoms with Crippen LogP contribution in [0.4, 0.5) is 35.0 Å². The molecule has 5 amide bonds. The Morgan fingerprint density at radius 3 is 1.51 bits per heavy atom. The Bertz CT molecular complexity index is 2060. The first-order valence-corrected chi connectivity index (χ1v) is 20.9. The second-order valence-corrected chi connectivity index (χ2v) is 18.3. The molecule has 0 bridgehead atoms. The van der Waals surface area contributed by atoms with Crippen LogP contribution in [0.1, 0.15) is 65.5 Å². The number of methoxy groups -OCH3 is 2. The van der Waals surface area contributed by atoms with Crippen molar-refractivity contribution in [1.29, 1.82) is 0 Å². The summed E-state index contributed by atoms with van der Waals surface area (Å²) in [7, 11) is 2.67. The molecule has 3 aromatic rings. The summed E-state index contributed by atoms with van der Waals surface area (Å²) in [6.07, 6.45) is -3.91. The molecule has 6 unspecified atom stereocenters. The highest BCUT2D eigenvalue weighted by molar-refractivity contribution is 5.99. The Morgan fingerprint density at radius 1 is 0.683 bits per heavy atom. The molecule has 63 heavy (non-hydrogen) atoms. The highest BCUT2D eigenvalue weighted by Crippen LogP contribution is 2.30. The van der Waals surface area contributed by atoms with Crippen LogP contribution in [0, 0.1) is 16.6 Å². The molecule has 342 valence electrons. The van der Waals surface area contributed by atoms with Crippen LogP contribution >= 0.6 is 0 Å². The van der Waals surface area contributed by atoms with E-state index in [0.29, 0.717) is 24.5 Å². The number of hydrogen-bond acceptors (Lipinski definition) is 9. The molecule has 3 aromatic carbocycles. The summed E-state index contributed by atoms with van der Waals surface area (Å²) < 4.78 is 53.3. The summed E-state index contributed by atoms with van der Waals surface area (Å²) in [6, 6.07) is 16.3. The lowest BCUT2D eigenvalue weighted by Crippen LogP contribution is -2.57. The van der Waals surface area contributed by atoms with Crippen molar-refractivity contribution in [3.63, 3.8) is 0 Å². The third-order valence-corrected chi connectivity index (χ3v) is 11.2. The van der Waals surface area contributed by atoms with Crippen LogP contribution in [-0.4, -0.2) is 110 Å². The monoisotopic (exact) mass is 879 g/mol. The van der Waals surface area contributed by atoms with E-state index in [1.165, 1.54) is 36.2 Å². The minimum Gasteiger partial charge on any atom is -0.453 e. The van der Waals surface area contributed by atoms with E-state index in [1.54, 1.807) is 57.2 Å².